The summed E-state index contributed by atoms with van der Waals surface area (Å²) < 4.78 is 198. The number of hydrogen-bond acceptors (Lipinski definition) is 5. The standard InChI is InChI=1S/C18H6F14N2O5/c19-7-1-3-11(33(35)36)9(5-7)13(21,22)15(25,26)17(29,30)39-18(31,32)16(27,28)14(23,24)10-6-8(20)2-4-12(10)34(37)38/h1-6H. The van der Waals surface area contributed by atoms with Gasteiger partial charge >= 0.3 is 35.9 Å². The van der Waals surface area contributed by atoms with Crippen molar-refractivity contribution in [2.45, 2.75) is 35.9 Å². The van der Waals surface area contributed by atoms with Crippen molar-refractivity contribution < 1.29 is 76.0 Å². The third-order valence-corrected chi connectivity index (χ3v) is 4.76. The topological polar surface area (TPSA) is 95.5 Å². The molecule has 7 nitrogen and oxygen atoms in total. The molecule has 21 heteroatoms. The van der Waals surface area contributed by atoms with Gasteiger partial charge in [-0.25, -0.2) is 13.5 Å². The second-order valence-electron chi connectivity index (χ2n) is 7.27. The van der Waals surface area contributed by atoms with Gasteiger partial charge in [-0.3, -0.25) is 20.2 Å². The number of nitro groups is 2. The SMILES string of the molecule is O=[N+]([O-])c1ccc(F)cc1C(F)(F)C(F)(F)C(F)(F)OC(F)(F)C(F)(F)C(F)(F)c1cc(F)ccc1[N+](=O)[O-]. The molecule has 0 aliphatic rings. The summed E-state index contributed by atoms with van der Waals surface area (Å²) in [6.45, 7) is 0. The fourth-order valence-corrected chi connectivity index (χ4v) is 2.83. The maximum absolute atomic E-state index is 14.3. The van der Waals surface area contributed by atoms with Crippen molar-refractivity contribution in [2.75, 3.05) is 0 Å². The molecule has 2 aromatic rings. The number of alkyl halides is 12. The van der Waals surface area contributed by atoms with Crippen LogP contribution in [0.4, 0.5) is 72.8 Å². The fourth-order valence-electron chi connectivity index (χ4n) is 2.83. The lowest BCUT2D eigenvalue weighted by Gasteiger charge is -2.37. The predicted octanol–water partition coefficient (Wildman–Crippen LogP) is 7.14. The Balaban J connectivity index is 2.63. The minimum Gasteiger partial charge on any atom is -0.258 e. The number of ether oxygens (including phenoxy) is 1. The van der Waals surface area contributed by atoms with E-state index in [0.29, 0.717) is 0 Å². The Labute approximate surface area is 203 Å². The second-order valence-corrected chi connectivity index (χ2v) is 7.27. The van der Waals surface area contributed by atoms with E-state index in [9.17, 15) is 81.7 Å². The summed E-state index contributed by atoms with van der Waals surface area (Å²) in [7, 11) is 0. The molecule has 0 N–H and O–H groups in total. The van der Waals surface area contributed by atoms with E-state index in [0.717, 1.165) is 0 Å². The zero-order valence-electron chi connectivity index (χ0n) is 17.7. The highest BCUT2D eigenvalue weighted by Gasteiger charge is 2.82. The first-order chi connectivity index (χ1) is 17.3. The van der Waals surface area contributed by atoms with E-state index in [1.165, 1.54) is 0 Å². The lowest BCUT2D eigenvalue weighted by Crippen LogP contribution is -2.61. The number of halogens is 14. The van der Waals surface area contributed by atoms with Gasteiger partial charge in [-0.1, -0.05) is 0 Å². The second kappa shape index (κ2) is 9.45. The molecule has 2 rings (SSSR count). The van der Waals surface area contributed by atoms with E-state index >= 15 is 0 Å². The van der Waals surface area contributed by atoms with Crippen molar-refractivity contribution in [1.82, 2.24) is 0 Å². The Kier molecular flexibility index (Phi) is 7.62. The third-order valence-electron chi connectivity index (χ3n) is 4.76. The van der Waals surface area contributed by atoms with Gasteiger partial charge in [0.25, 0.3) is 11.4 Å². The Hall–Kier alpha value is -3.78. The highest BCUT2D eigenvalue weighted by Crippen LogP contribution is 2.59. The van der Waals surface area contributed by atoms with Crippen LogP contribution in [0.2, 0.25) is 0 Å². The van der Waals surface area contributed by atoms with Crippen LogP contribution in [0.25, 0.3) is 0 Å². The van der Waals surface area contributed by atoms with Crippen molar-refractivity contribution in [3.05, 3.63) is 79.4 Å². The molecule has 0 unspecified atom stereocenters. The maximum atomic E-state index is 14.3. The highest BCUT2D eigenvalue weighted by molar-refractivity contribution is 5.45. The number of rotatable bonds is 10. The molecule has 2 aromatic carbocycles. The number of benzene rings is 2. The van der Waals surface area contributed by atoms with Crippen molar-refractivity contribution >= 4 is 11.4 Å². The molecule has 0 bridgehead atoms. The van der Waals surface area contributed by atoms with Gasteiger partial charge in [0.05, 0.1) is 9.85 Å². The summed E-state index contributed by atoms with van der Waals surface area (Å²) in [5, 5.41) is 21.5. The smallest absolute Gasteiger partial charge is 0.258 e. The monoisotopic (exact) mass is 596 g/mol. The summed E-state index contributed by atoms with van der Waals surface area (Å²) in [5.74, 6) is -32.6. The molecule has 0 heterocycles. The molecule has 0 fully saturated rings. The molecule has 39 heavy (non-hydrogen) atoms. The largest absolute Gasteiger partial charge is 0.430 e. The zero-order valence-corrected chi connectivity index (χ0v) is 17.7. The van der Waals surface area contributed by atoms with Gasteiger partial charge in [0, 0.05) is 12.1 Å². The van der Waals surface area contributed by atoms with E-state index < -0.39 is 92.0 Å². The van der Waals surface area contributed by atoms with Gasteiger partial charge in [0.1, 0.15) is 22.8 Å². The van der Waals surface area contributed by atoms with Crippen LogP contribution in [0.3, 0.4) is 0 Å². The maximum Gasteiger partial charge on any atom is 0.430 e. The molecule has 216 valence electrons. The first kappa shape index (κ1) is 31.4. The molecular formula is C18H6F14N2O5. The van der Waals surface area contributed by atoms with Gasteiger partial charge in [0.2, 0.25) is 0 Å². The van der Waals surface area contributed by atoms with Gasteiger partial charge in [-0.05, 0) is 24.3 Å². The molecule has 0 aliphatic heterocycles. The van der Waals surface area contributed by atoms with Crippen molar-refractivity contribution in [1.29, 1.82) is 0 Å². The Morgan fingerprint density at radius 1 is 0.564 bits per heavy atom. The summed E-state index contributed by atoms with van der Waals surface area (Å²) in [6.07, 6.45) is -15.2. The number of nitrogens with zero attached hydrogens (tertiary/aromatic N) is 2. The highest BCUT2D eigenvalue weighted by atomic mass is 19.4. The average Bonchev–Trinajstić information content (AvgIpc) is 2.77. The minimum absolute atomic E-state index is 0.00684. The Morgan fingerprint density at radius 3 is 1.10 bits per heavy atom. The van der Waals surface area contributed by atoms with Gasteiger partial charge in [0.15, 0.2) is 0 Å². The van der Waals surface area contributed by atoms with E-state index in [-0.39, 0.29) is 24.3 Å². The first-order valence-corrected chi connectivity index (χ1v) is 9.21. The van der Waals surface area contributed by atoms with E-state index in [1.807, 2.05) is 0 Å². The van der Waals surface area contributed by atoms with Crippen LogP contribution < -0.4 is 0 Å². The molecular weight excluding hydrogens is 590 g/mol. The summed E-state index contributed by atoms with van der Waals surface area (Å²) >= 11 is 0. The summed E-state index contributed by atoms with van der Waals surface area (Å²) in [6, 6.07) is -2.11. The summed E-state index contributed by atoms with van der Waals surface area (Å²) in [5.41, 5.74) is -10.2. The number of nitro benzene ring substituents is 2. The van der Waals surface area contributed by atoms with Gasteiger partial charge < -0.3 is 0 Å². The first-order valence-electron chi connectivity index (χ1n) is 9.21. The molecule has 0 saturated heterocycles. The quantitative estimate of drug-likeness (QED) is 0.165. The predicted molar refractivity (Wildman–Crippen MR) is 94.8 cm³/mol. The normalized spacial score (nSPS) is 13.9. The van der Waals surface area contributed by atoms with Crippen LogP contribution >= 0.6 is 0 Å². The average molecular weight is 596 g/mol. The fraction of sp³-hybridized carbons (Fsp3) is 0.333. The Bertz CT molecular complexity index is 1200. The van der Waals surface area contributed by atoms with E-state index in [1.54, 1.807) is 4.74 Å². The van der Waals surface area contributed by atoms with Crippen LogP contribution in [-0.4, -0.2) is 33.9 Å². The van der Waals surface area contributed by atoms with Crippen LogP contribution in [-0.2, 0) is 16.6 Å². The number of hydrogen-bond donors (Lipinski definition) is 0. The summed E-state index contributed by atoms with van der Waals surface area (Å²) in [4.78, 5) is 17.7. The van der Waals surface area contributed by atoms with Crippen LogP contribution in [0.1, 0.15) is 11.1 Å². The minimum atomic E-state index is -7.60. The van der Waals surface area contributed by atoms with Crippen molar-refractivity contribution in [3.8, 4) is 0 Å². The van der Waals surface area contributed by atoms with Crippen LogP contribution in [0, 0.1) is 31.9 Å². The van der Waals surface area contributed by atoms with Crippen molar-refractivity contribution in [2.24, 2.45) is 0 Å². The molecule has 0 aromatic heterocycles. The van der Waals surface area contributed by atoms with E-state index in [2.05, 4.69) is 0 Å². The lowest BCUT2D eigenvalue weighted by molar-refractivity contribution is -0.504. The molecule has 0 amide bonds. The Morgan fingerprint density at radius 2 is 0.846 bits per heavy atom. The van der Waals surface area contributed by atoms with Gasteiger partial charge in [-0.15, -0.1) is 0 Å². The molecule has 0 saturated carbocycles. The molecule has 0 radical (unpaired) electrons. The lowest BCUT2D eigenvalue weighted by atomic mass is 9.98. The molecule has 0 aliphatic carbocycles. The molecule has 0 spiro atoms. The molecule has 0 atom stereocenters. The van der Waals surface area contributed by atoms with Gasteiger partial charge in [-0.2, -0.15) is 52.7 Å². The van der Waals surface area contributed by atoms with Crippen molar-refractivity contribution in [3.63, 3.8) is 0 Å². The zero-order chi connectivity index (χ0) is 30.6. The van der Waals surface area contributed by atoms with E-state index in [4.69, 9.17) is 0 Å². The third kappa shape index (κ3) is 5.01. The van der Waals surface area contributed by atoms with Crippen LogP contribution in [0.15, 0.2) is 36.4 Å². The van der Waals surface area contributed by atoms with Crippen LogP contribution in [0.5, 0.6) is 0 Å².